The van der Waals surface area contributed by atoms with Crippen molar-refractivity contribution in [3.05, 3.63) is 84.4 Å². The molecule has 2 heterocycles. The second kappa shape index (κ2) is 6.07. The average Bonchev–Trinajstić information content (AvgIpc) is 3.04. The lowest BCUT2D eigenvalue weighted by atomic mass is 10.1. The molecular formula is C20H15FN2O2S. The number of aryl methyl sites for hydroxylation is 1. The Hall–Kier alpha value is -2.99. The van der Waals surface area contributed by atoms with E-state index in [9.17, 15) is 12.8 Å². The Kier molecular flexibility index (Phi) is 3.85. The number of benzene rings is 2. The Morgan fingerprint density at radius 3 is 2.54 bits per heavy atom. The highest BCUT2D eigenvalue weighted by atomic mass is 32.2. The molecule has 0 atom stereocenters. The molecule has 6 heteroatoms. The first-order chi connectivity index (χ1) is 12.5. The van der Waals surface area contributed by atoms with Crippen LogP contribution in [0.2, 0.25) is 0 Å². The minimum atomic E-state index is -3.93. The van der Waals surface area contributed by atoms with Gasteiger partial charge in [-0.15, -0.1) is 0 Å². The molecule has 26 heavy (non-hydrogen) atoms. The first-order valence-corrected chi connectivity index (χ1v) is 9.46. The van der Waals surface area contributed by atoms with Crippen LogP contribution in [0.25, 0.3) is 22.2 Å². The molecule has 0 saturated heterocycles. The van der Waals surface area contributed by atoms with Crippen LogP contribution in [0.5, 0.6) is 0 Å². The molecule has 0 fully saturated rings. The summed E-state index contributed by atoms with van der Waals surface area (Å²) < 4.78 is 42.2. The van der Waals surface area contributed by atoms with E-state index in [2.05, 4.69) is 4.98 Å². The third kappa shape index (κ3) is 2.59. The van der Waals surface area contributed by atoms with Gasteiger partial charge in [-0.1, -0.05) is 30.3 Å². The van der Waals surface area contributed by atoms with Gasteiger partial charge in [-0.25, -0.2) is 16.8 Å². The van der Waals surface area contributed by atoms with Gasteiger partial charge in [0.2, 0.25) is 0 Å². The van der Waals surface area contributed by atoms with Gasteiger partial charge in [0.1, 0.15) is 5.82 Å². The number of aromatic nitrogens is 2. The fourth-order valence-electron chi connectivity index (χ4n) is 3.04. The van der Waals surface area contributed by atoms with E-state index >= 15 is 0 Å². The molecule has 0 spiro atoms. The lowest BCUT2D eigenvalue weighted by Crippen LogP contribution is -2.14. The molecule has 0 bridgehead atoms. The van der Waals surface area contributed by atoms with Crippen LogP contribution in [0, 0.1) is 12.7 Å². The number of para-hydroxylation sites is 1. The Balaban J connectivity index is 2.00. The molecule has 4 rings (SSSR count). The highest BCUT2D eigenvalue weighted by Gasteiger charge is 2.24. The maximum Gasteiger partial charge on any atom is 0.268 e. The molecule has 4 nitrogen and oxygen atoms in total. The Morgan fingerprint density at radius 2 is 1.73 bits per heavy atom. The van der Waals surface area contributed by atoms with Crippen molar-refractivity contribution in [2.75, 3.05) is 0 Å². The van der Waals surface area contributed by atoms with Crippen LogP contribution in [0.3, 0.4) is 0 Å². The normalized spacial score (nSPS) is 11.8. The maximum atomic E-state index is 14.3. The number of halogens is 1. The molecule has 2 aromatic heterocycles. The van der Waals surface area contributed by atoms with Crippen molar-refractivity contribution in [1.29, 1.82) is 0 Å². The van der Waals surface area contributed by atoms with Crippen molar-refractivity contribution >= 4 is 20.9 Å². The maximum absolute atomic E-state index is 14.3. The largest absolute Gasteiger partial charge is 0.268 e. The molecule has 130 valence electrons. The zero-order valence-corrected chi connectivity index (χ0v) is 14.7. The van der Waals surface area contributed by atoms with Crippen LogP contribution in [0.15, 0.2) is 78.0 Å². The zero-order valence-electron chi connectivity index (χ0n) is 13.9. The molecule has 0 radical (unpaired) electrons. The first kappa shape index (κ1) is 16.5. The summed E-state index contributed by atoms with van der Waals surface area (Å²) >= 11 is 0. The number of hydrogen-bond donors (Lipinski definition) is 0. The van der Waals surface area contributed by atoms with Crippen LogP contribution >= 0.6 is 0 Å². The Labute approximate surface area is 150 Å². The quantitative estimate of drug-likeness (QED) is 0.540. The highest BCUT2D eigenvalue weighted by molar-refractivity contribution is 7.90. The molecular weight excluding hydrogens is 351 g/mol. The number of hydrogen-bond acceptors (Lipinski definition) is 3. The van der Waals surface area contributed by atoms with Gasteiger partial charge < -0.3 is 0 Å². The SMILES string of the molecule is Cc1cc(-c2ccccc2F)n(S(=O)(=O)c2ccnc3ccccc23)c1. The second-order valence-electron chi connectivity index (χ2n) is 6.01. The Morgan fingerprint density at radius 1 is 1.00 bits per heavy atom. The summed E-state index contributed by atoms with van der Waals surface area (Å²) in [6.45, 7) is 1.78. The summed E-state index contributed by atoms with van der Waals surface area (Å²) in [6.07, 6.45) is 2.97. The Bertz CT molecular complexity index is 1220. The summed E-state index contributed by atoms with van der Waals surface area (Å²) in [5, 5.41) is 0.529. The lowest BCUT2D eigenvalue weighted by molar-refractivity contribution is 0.588. The average molecular weight is 366 g/mol. The van der Waals surface area contributed by atoms with Crippen molar-refractivity contribution in [1.82, 2.24) is 8.96 Å². The topological polar surface area (TPSA) is 52.0 Å². The van der Waals surface area contributed by atoms with Crippen molar-refractivity contribution in [2.24, 2.45) is 0 Å². The van der Waals surface area contributed by atoms with Crippen LogP contribution in [-0.4, -0.2) is 17.4 Å². The van der Waals surface area contributed by atoms with E-state index in [1.54, 1.807) is 55.5 Å². The van der Waals surface area contributed by atoms with E-state index in [4.69, 9.17) is 0 Å². The third-order valence-corrected chi connectivity index (χ3v) is 5.95. The summed E-state index contributed by atoms with van der Waals surface area (Å²) in [4.78, 5) is 4.35. The summed E-state index contributed by atoms with van der Waals surface area (Å²) in [5.74, 6) is -0.471. The lowest BCUT2D eigenvalue weighted by Gasteiger charge is -2.13. The van der Waals surface area contributed by atoms with Crippen molar-refractivity contribution in [2.45, 2.75) is 11.8 Å². The minimum absolute atomic E-state index is 0.135. The highest BCUT2D eigenvalue weighted by Crippen LogP contribution is 2.30. The molecule has 4 aromatic rings. The fourth-order valence-corrected chi connectivity index (χ4v) is 4.65. The van der Waals surface area contributed by atoms with Crippen molar-refractivity contribution in [3.8, 4) is 11.3 Å². The third-order valence-electron chi connectivity index (χ3n) is 4.22. The van der Waals surface area contributed by atoms with Crippen LogP contribution in [0.4, 0.5) is 4.39 Å². The molecule has 0 aliphatic heterocycles. The van der Waals surface area contributed by atoms with Gasteiger partial charge >= 0.3 is 0 Å². The van der Waals surface area contributed by atoms with E-state index in [0.29, 0.717) is 16.6 Å². The molecule has 0 N–H and O–H groups in total. The van der Waals surface area contributed by atoms with Gasteiger partial charge in [0, 0.05) is 23.3 Å². The van der Waals surface area contributed by atoms with Crippen LogP contribution in [-0.2, 0) is 10.0 Å². The van der Waals surface area contributed by atoms with Gasteiger partial charge in [0.05, 0.1) is 16.1 Å². The summed E-state index contributed by atoms with van der Waals surface area (Å²) in [5.41, 5.74) is 1.85. The monoisotopic (exact) mass is 366 g/mol. The van der Waals surface area contributed by atoms with E-state index in [-0.39, 0.29) is 10.5 Å². The molecule has 0 saturated carbocycles. The number of fused-ring (bicyclic) bond motifs is 1. The van der Waals surface area contributed by atoms with E-state index in [1.807, 2.05) is 0 Å². The smallest absolute Gasteiger partial charge is 0.256 e. The van der Waals surface area contributed by atoms with Crippen LogP contribution in [0.1, 0.15) is 5.56 Å². The second-order valence-corrected chi connectivity index (χ2v) is 7.79. The molecule has 0 amide bonds. The summed E-state index contributed by atoms with van der Waals surface area (Å²) in [6, 6.07) is 16.3. The fraction of sp³-hybridized carbons (Fsp3) is 0.0500. The number of pyridine rings is 1. The summed E-state index contributed by atoms with van der Waals surface area (Å²) in [7, 11) is -3.93. The van der Waals surface area contributed by atoms with Gasteiger partial charge in [-0.3, -0.25) is 4.98 Å². The van der Waals surface area contributed by atoms with Crippen LogP contribution < -0.4 is 0 Å². The van der Waals surface area contributed by atoms with Crippen molar-refractivity contribution < 1.29 is 12.8 Å². The predicted molar refractivity (Wildman–Crippen MR) is 98.9 cm³/mol. The molecule has 0 unspecified atom stereocenters. The molecule has 0 aliphatic carbocycles. The van der Waals surface area contributed by atoms with E-state index in [0.717, 1.165) is 9.54 Å². The zero-order chi connectivity index (χ0) is 18.3. The minimum Gasteiger partial charge on any atom is -0.256 e. The van der Waals surface area contributed by atoms with Gasteiger partial charge in [-0.2, -0.15) is 0 Å². The molecule has 0 aliphatic rings. The number of nitrogens with zero attached hydrogens (tertiary/aromatic N) is 2. The molecule has 2 aromatic carbocycles. The van der Waals surface area contributed by atoms with Gasteiger partial charge in [0.15, 0.2) is 0 Å². The van der Waals surface area contributed by atoms with E-state index < -0.39 is 15.8 Å². The van der Waals surface area contributed by atoms with Gasteiger partial charge in [0.25, 0.3) is 10.0 Å². The predicted octanol–water partition coefficient (Wildman–Crippen LogP) is 4.39. The number of rotatable bonds is 3. The van der Waals surface area contributed by atoms with Crippen molar-refractivity contribution in [3.63, 3.8) is 0 Å². The standard InChI is InChI=1S/C20H15FN2O2S/c1-14-12-19(15-6-2-4-8-17(15)21)23(13-14)26(24,25)20-10-11-22-18-9-5-3-7-16(18)20/h2-13H,1H3. The van der Waals surface area contributed by atoms with Gasteiger partial charge in [-0.05, 0) is 42.8 Å². The van der Waals surface area contributed by atoms with E-state index in [1.165, 1.54) is 24.5 Å². The first-order valence-electron chi connectivity index (χ1n) is 8.02.